The van der Waals surface area contributed by atoms with Gasteiger partial charge in [-0.2, -0.15) is 0 Å². The Kier molecular flexibility index (Phi) is 35.3. The largest absolute Gasteiger partial charge is 0.481 e. The number of carbonyl (C=O) groups excluding carboxylic acids is 7. The SMILES string of the molecule is C1CCOC1.CC(=O)[O][Pb]([O]C(C)=O)([O]C(C)=O)[O]C(C)=O.CCC(=O)CCC(=O)O.CCC(=O)CCOC(C)=O.Cc1ccccc1.c1ccncc1. The van der Waals surface area contributed by atoms with Gasteiger partial charge in [0.15, 0.2) is 0 Å². The quantitative estimate of drug-likeness (QED) is 0.211. The Balaban J connectivity index is -0.000000607. The number of carboxylic acids is 1. The zero-order chi connectivity index (χ0) is 41.8. The summed E-state index contributed by atoms with van der Waals surface area (Å²) in [7, 11) is 0. The van der Waals surface area contributed by atoms with Crippen LogP contribution in [0.4, 0.5) is 0 Å². The average molecular weight is 961 g/mol. The fourth-order valence-electron chi connectivity index (χ4n) is 3.09. The van der Waals surface area contributed by atoms with Crippen LogP contribution in [-0.2, 0) is 58.6 Å². The fourth-order valence-corrected chi connectivity index (χ4v) is 9.54. The molecule has 0 bridgehead atoms. The molecule has 0 unspecified atom stereocenters. The molecule has 0 saturated carbocycles. The van der Waals surface area contributed by atoms with Crippen LogP contribution in [0.5, 0.6) is 0 Å². The number of benzene rings is 1. The van der Waals surface area contributed by atoms with E-state index in [1.165, 1.54) is 25.3 Å². The van der Waals surface area contributed by atoms with E-state index in [9.17, 15) is 38.4 Å². The molecular weight excluding hydrogens is 906 g/mol. The minimum absolute atomic E-state index is 0.0115. The number of carboxylic acid groups (broad SMARTS) is 1. The van der Waals surface area contributed by atoms with Gasteiger partial charge in [0.1, 0.15) is 11.6 Å². The Morgan fingerprint density at radius 1 is 0.630 bits per heavy atom. The molecule has 2 heterocycles. The Bertz CT molecular complexity index is 1260. The first-order valence-electron chi connectivity index (χ1n) is 17.0. The van der Waals surface area contributed by atoms with Gasteiger partial charge in [-0.25, -0.2) is 0 Å². The predicted molar refractivity (Wildman–Crippen MR) is 197 cm³/mol. The molecule has 54 heavy (non-hydrogen) atoms. The number of Topliss-reactive ketones (excluding diaryl/α,β-unsaturated/α-hetero) is 2. The third-order valence-electron chi connectivity index (χ3n) is 5.50. The first-order chi connectivity index (χ1) is 25.4. The standard InChI is InChI=1S/C7H12O3.C7H8.C6H10O3.C5H5N.C4H8O.4C2H4O2.Pb/c1-3-7(9)4-5-10-6(2)8;1-7-5-3-2-4-6-7;1-2-5(7)3-4-6(8)9;1-2-4-6-5-3-1;1-2-4-5-3-1;4*1-2(3)4;/h3-5H2,1-2H3;2-6H,1H3;2-4H2,1H3,(H,8,9);1-5H;1-4H2;4*1H3,(H,3,4);/q;;;;;;;;;+4/p-4. The number of hydrogen-bond acceptors (Lipinski definition) is 15. The van der Waals surface area contributed by atoms with Crippen molar-refractivity contribution in [2.75, 3.05) is 19.8 Å². The van der Waals surface area contributed by atoms with Crippen LogP contribution in [0.15, 0.2) is 60.9 Å². The zero-order valence-corrected chi connectivity index (χ0v) is 36.3. The molecular formula is C37H55NO15Pb. The van der Waals surface area contributed by atoms with E-state index in [0.29, 0.717) is 19.3 Å². The van der Waals surface area contributed by atoms with Crippen molar-refractivity contribution in [1.82, 2.24) is 4.98 Å². The van der Waals surface area contributed by atoms with Crippen LogP contribution in [0.2, 0.25) is 0 Å². The van der Waals surface area contributed by atoms with Crippen molar-refractivity contribution < 1.29 is 63.7 Å². The number of hydrogen-bond donors (Lipinski definition) is 1. The van der Waals surface area contributed by atoms with Crippen molar-refractivity contribution in [3.63, 3.8) is 0 Å². The molecule has 1 aliphatic rings. The monoisotopic (exact) mass is 961 g/mol. The van der Waals surface area contributed by atoms with Crippen LogP contribution in [0.1, 0.15) is 99.0 Å². The number of nitrogens with zero attached hydrogens (tertiary/aromatic N) is 1. The maximum Gasteiger partial charge on any atom is 0.303 e. The van der Waals surface area contributed by atoms with Gasteiger partial charge >= 0.3 is 116 Å². The molecule has 17 heteroatoms. The van der Waals surface area contributed by atoms with E-state index in [0.717, 1.165) is 40.9 Å². The van der Waals surface area contributed by atoms with E-state index in [1.54, 1.807) is 26.2 Å². The number of rotatable bonds is 12. The number of pyridine rings is 1. The number of aryl methyl sites for hydroxylation is 1. The van der Waals surface area contributed by atoms with Gasteiger partial charge in [0.2, 0.25) is 0 Å². The number of aromatic nitrogens is 1. The molecule has 0 amide bonds. The zero-order valence-electron chi connectivity index (χ0n) is 32.5. The molecule has 1 fully saturated rings. The van der Waals surface area contributed by atoms with Crippen LogP contribution in [0.25, 0.3) is 0 Å². The number of carbonyl (C=O) groups is 8. The summed E-state index contributed by atoms with van der Waals surface area (Å²) >= 11 is -5.43. The van der Waals surface area contributed by atoms with E-state index in [1.807, 2.05) is 36.4 Å². The summed E-state index contributed by atoms with van der Waals surface area (Å²) in [6, 6.07) is 16.0. The summed E-state index contributed by atoms with van der Waals surface area (Å²) in [5.74, 6) is -4.61. The van der Waals surface area contributed by atoms with Gasteiger partial charge in [0.05, 0.1) is 13.0 Å². The van der Waals surface area contributed by atoms with E-state index >= 15 is 0 Å². The van der Waals surface area contributed by atoms with Crippen molar-refractivity contribution in [3.05, 3.63) is 66.5 Å². The van der Waals surface area contributed by atoms with Crippen LogP contribution in [0, 0.1) is 6.92 Å². The van der Waals surface area contributed by atoms with Crippen molar-refractivity contribution in [1.29, 1.82) is 0 Å². The number of ketones is 2. The molecule has 0 aliphatic carbocycles. The second kappa shape index (κ2) is 35.4. The summed E-state index contributed by atoms with van der Waals surface area (Å²) < 4.78 is 28.0. The minimum atomic E-state index is -5.43. The van der Waals surface area contributed by atoms with Crippen LogP contribution >= 0.6 is 0 Å². The molecule has 1 aromatic heterocycles. The van der Waals surface area contributed by atoms with Gasteiger partial charge < -0.3 is 14.6 Å². The maximum atomic E-state index is 10.9. The molecule has 1 N–H and O–H groups in total. The summed E-state index contributed by atoms with van der Waals surface area (Å²) in [5, 5.41) is 8.11. The normalized spacial score (nSPS) is 10.6. The van der Waals surface area contributed by atoms with Gasteiger partial charge in [0.25, 0.3) is 0 Å². The predicted octanol–water partition coefficient (Wildman–Crippen LogP) is 5.30. The number of aliphatic carboxylic acids is 1. The van der Waals surface area contributed by atoms with Crippen molar-refractivity contribution in [2.45, 2.75) is 100 Å². The van der Waals surface area contributed by atoms with Crippen LogP contribution < -0.4 is 0 Å². The Labute approximate surface area is 324 Å². The van der Waals surface area contributed by atoms with Crippen molar-refractivity contribution in [2.24, 2.45) is 0 Å². The summed E-state index contributed by atoms with van der Waals surface area (Å²) in [6.45, 7) is 13.2. The van der Waals surface area contributed by atoms with E-state index < -0.39 is 52.8 Å². The average Bonchev–Trinajstić information content (AvgIpc) is 3.68. The molecule has 0 radical (unpaired) electrons. The maximum absolute atomic E-state index is 10.9. The fraction of sp³-hybridized carbons (Fsp3) is 0.486. The van der Waals surface area contributed by atoms with Gasteiger partial charge in [-0.05, 0) is 31.9 Å². The number of ether oxygens (including phenoxy) is 2. The first-order valence-corrected chi connectivity index (χ1v) is 23.4. The molecule has 0 spiro atoms. The smallest absolute Gasteiger partial charge is 0.303 e. The minimum Gasteiger partial charge on any atom is -0.481 e. The molecule has 1 aromatic carbocycles. The third kappa shape index (κ3) is 41.8. The van der Waals surface area contributed by atoms with Crippen molar-refractivity contribution >= 4 is 70.4 Å². The summed E-state index contributed by atoms with van der Waals surface area (Å²) in [5.41, 5.74) is 1.32. The van der Waals surface area contributed by atoms with Gasteiger partial charge in [0, 0.05) is 58.2 Å². The molecule has 1 aliphatic heterocycles. The van der Waals surface area contributed by atoms with E-state index in [2.05, 4.69) is 39.5 Å². The van der Waals surface area contributed by atoms with Gasteiger partial charge in [-0.3, -0.25) is 24.2 Å². The van der Waals surface area contributed by atoms with Gasteiger partial charge in [-0.15, -0.1) is 0 Å². The first kappa shape index (κ1) is 53.8. The summed E-state index contributed by atoms with van der Waals surface area (Å²) in [6.07, 6.45) is 7.49. The Hall–Kier alpha value is -4.59. The molecule has 2 aromatic rings. The Morgan fingerprint density at radius 3 is 1.28 bits per heavy atom. The number of esters is 1. The molecule has 1 saturated heterocycles. The van der Waals surface area contributed by atoms with E-state index in [-0.39, 0.29) is 37.0 Å². The molecule has 302 valence electrons. The molecule has 3 rings (SSSR count). The van der Waals surface area contributed by atoms with E-state index in [4.69, 9.17) is 9.84 Å². The third-order valence-corrected chi connectivity index (χ3v) is 13.9. The second-order valence-corrected chi connectivity index (χ2v) is 17.7. The summed E-state index contributed by atoms with van der Waals surface area (Å²) in [4.78, 5) is 88.3. The van der Waals surface area contributed by atoms with Crippen molar-refractivity contribution in [3.8, 4) is 0 Å². The second-order valence-electron chi connectivity index (χ2n) is 10.6. The Morgan fingerprint density at radius 2 is 1.04 bits per heavy atom. The van der Waals surface area contributed by atoms with Crippen LogP contribution in [-0.4, -0.2) is 100 Å². The topological polar surface area (TPSA) is 225 Å². The molecule has 0 atom stereocenters. The van der Waals surface area contributed by atoms with Crippen LogP contribution in [0.3, 0.4) is 0 Å². The molecule has 16 nitrogen and oxygen atoms in total. The van der Waals surface area contributed by atoms with Gasteiger partial charge in [-0.1, -0.05) is 55.8 Å².